The number of rotatable bonds is 6. The Morgan fingerprint density at radius 3 is 2.89 bits per heavy atom. The topological polar surface area (TPSA) is 94.7 Å². The molecule has 2 aromatic rings. The van der Waals surface area contributed by atoms with Gasteiger partial charge in [0.1, 0.15) is 11.7 Å². The second-order valence-electron chi connectivity index (χ2n) is 6.08. The predicted molar refractivity (Wildman–Crippen MR) is 102 cm³/mol. The Morgan fingerprint density at radius 2 is 2.21 bits per heavy atom. The number of fused-ring (bicyclic) bond motifs is 1. The number of halogens is 2. The summed E-state index contributed by atoms with van der Waals surface area (Å²) in [5.74, 6) is -1.21. The third-order valence-corrected chi connectivity index (χ3v) is 4.83. The maximum Gasteiger partial charge on any atom is 1.00 e. The van der Waals surface area contributed by atoms with Crippen molar-refractivity contribution < 1.29 is 48.7 Å². The van der Waals surface area contributed by atoms with Crippen molar-refractivity contribution in [2.45, 2.75) is 26.3 Å². The van der Waals surface area contributed by atoms with Gasteiger partial charge in [-0.2, -0.15) is 0 Å². The number of amides is 1. The van der Waals surface area contributed by atoms with Crippen molar-refractivity contribution in [1.29, 1.82) is 0 Å². The third-order valence-electron chi connectivity index (χ3n) is 4.34. The molecule has 0 spiro atoms. The Hall–Kier alpha value is -1.23. The van der Waals surface area contributed by atoms with Gasteiger partial charge in [-0.15, -0.1) is 0 Å². The molecule has 1 aliphatic rings. The Balaban J connectivity index is 0.00000280. The van der Waals surface area contributed by atoms with Crippen LogP contribution >= 0.6 is 15.9 Å². The smallest absolute Gasteiger partial charge is 0.527 e. The van der Waals surface area contributed by atoms with E-state index in [0.29, 0.717) is 28.7 Å². The molecule has 2 heterocycles. The number of benzene rings is 1. The van der Waals surface area contributed by atoms with Gasteiger partial charge in [-0.3, -0.25) is 4.79 Å². The van der Waals surface area contributed by atoms with E-state index in [1.165, 1.54) is 12.1 Å². The van der Waals surface area contributed by atoms with E-state index in [-0.39, 0.29) is 65.3 Å². The van der Waals surface area contributed by atoms with Crippen LogP contribution in [-0.2, 0) is 17.8 Å². The standard InChI is InChI=1S/C18H19BrFN3O4.Na/c1-10-16(21-13-5-4-11(19)9-12(13)20)15(17(25)22-27-8-7-24)14-3-2-6-23(14)18(10)26;/h4-5,9,24H,2-3,6-8H2,1H3,(H2,21,22,25,26);/q;+1/p-1. The molecule has 0 saturated heterocycles. The number of nitrogens with one attached hydrogen (secondary N) is 1. The van der Waals surface area contributed by atoms with Gasteiger partial charge in [0, 0.05) is 27.8 Å². The fourth-order valence-electron chi connectivity index (χ4n) is 3.10. The van der Waals surface area contributed by atoms with Crippen LogP contribution in [-0.4, -0.2) is 28.8 Å². The summed E-state index contributed by atoms with van der Waals surface area (Å²) in [7, 11) is 0. The van der Waals surface area contributed by atoms with E-state index >= 15 is 0 Å². The molecule has 144 valence electrons. The zero-order valence-corrected chi connectivity index (χ0v) is 19.2. The minimum Gasteiger partial charge on any atom is -0.527 e. The van der Waals surface area contributed by atoms with Crippen molar-refractivity contribution in [3.8, 4) is 0 Å². The summed E-state index contributed by atoms with van der Waals surface area (Å²) >= 11 is 3.19. The second kappa shape index (κ2) is 10.00. The molecule has 3 rings (SSSR count). The van der Waals surface area contributed by atoms with Gasteiger partial charge >= 0.3 is 29.6 Å². The van der Waals surface area contributed by atoms with Gasteiger partial charge in [0.2, 0.25) is 0 Å². The van der Waals surface area contributed by atoms with Crippen LogP contribution in [0.1, 0.15) is 28.0 Å². The van der Waals surface area contributed by atoms with Crippen molar-refractivity contribution in [1.82, 2.24) is 4.57 Å². The number of aliphatic hydroxyl groups excluding tert-OH is 1. The van der Waals surface area contributed by atoms with E-state index < -0.39 is 11.7 Å². The summed E-state index contributed by atoms with van der Waals surface area (Å²) in [4.78, 5) is 30.1. The van der Waals surface area contributed by atoms with E-state index in [1.807, 2.05) is 0 Å². The maximum atomic E-state index is 14.3. The van der Waals surface area contributed by atoms with Gasteiger partial charge in [0.15, 0.2) is 0 Å². The Kier molecular flexibility index (Phi) is 8.23. The minimum absolute atomic E-state index is 0. The fourth-order valence-corrected chi connectivity index (χ4v) is 3.44. The molecule has 0 unspecified atom stereocenters. The average molecular weight is 462 g/mol. The van der Waals surface area contributed by atoms with Gasteiger partial charge in [-0.05, 0) is 38.0 Å². The van der Waals surface area contributed by atoms with Crippen molar-refractivity contribution >= 4 is 33.2 Å². The predicted octanol–water partition coefficient (Wildman–Crippen LogP) is 0.190. The Bertz CT molecular complexity index is 951. The zero-order valence-electron chi connectivity index (χ0n) is 15.6. The van der Waals surface area contributed by atoms with Crippen LogP contribution in [0.15, 0.2) is 27.5 Å². The number of hydrogen-bond acceptors (Lipinski definition) is 5. The SMILES string of the molecule is Cc1c(Nc2ccc(Br)cc2F)c(C(=O)[N-]OCCO)c2n(c1=O)CCC2.[Na+]. The number of hydrogen-bond donors (Lipinski definition) is 2. The van der Waals surface area contributed by atoms with Gasteiger partial charge in [0.05, 0.1) is 24.6 Å². The molecule has 1 amide bonds. The van der Waals surface area contributed by atoms with E-state index in [4.69, 9.17) is 9.94 Å². The van der Waals surface area contributed by atoms with Crippen LogP contribution in [0.5, 0.6) is 0 Å². The summed E-state index contributed by atoms with van der Waals surface area (Å²) in [6.07, 6.45) is 1.26. The molecule has 0 atom stereocenters. The van der Waals surface area contributed by atoms with Crippen molar-refractivity contribution in [2.75, 3.05) is 18.5 Å². The molecule has 7 nitrogen and oxygen atoms in total. The first kappa shape index (κ1) is 23.1. The first-order chi connectivity index (χ1) is 12.9. The van der Waals surface area contributed by atoms with Crippen LogP contribution in [0.4, 0.5) is 15.8 Å². The van der Waals surface area contributed by atoms with Gasteiger partial charge < -0.3 is 30.1 Å². The number of pyridine rings is 1. The number of aliphatic hydroxyl groups is 1. The van der Waals surface area contributed by atoms with Crippen LogP contribution in [0, 0.1) is 12.7 Å². The second-order valence-corrected chi connectivity index (χ2v) is 7.00. The number of nitrogens with zero attached hydrogens (tertiary/aromatic N) is 2. The molecule has 1 aromatic carbocycles. The maximum absolute atomic E-state index is 14.3. The molecule has 1 aliphatic heterocycles. The molecule has 0 radical (unpaired) electrons. The minimum atomic E-state index is -0.683. The van der Waals surface area contributed by atoms with Crippen LogP contribution < -0.4 is 40.4 Å². The van der Waals surface area contributed by atoms with E-state index in [2.05, 4.69) is 26.7 Å². The van der Waals surface area contributed by atoms with E-state index in [9.17, 15) is 14.0 Å². The quantitative estimate of drug-likeness (QED) is 0.363. The molecule has 0 aliphatic carbocycles. The molecule has 0 saturated carbocycles. The number of anilines is 2. The van der Waals surface area contributed by atoms with Crippen LogP contribution in [0.2, 0.25) is 0 Å². The molecule has 0 fully saturated rings. The van der Waals surface area contributed by atoms with Crippen molar-refractivity contribution in [3.63, 3.8) is 0 Å². The van der Waals surface area contributed by atoms with E-state index in [1.54, 1.807) is 17.6 Å². The summed E-state index contributed by atoms with van der Waals surface area (Å²) in [5, 5.41) is 11.7. The summed E-state index contributed by atoms with van der Waals surface area (Å²) in [6, 6.07) is 4.45. The van der Waals surface area contributed by atoms with E-state index in [0.717, 1.165) is 6.42 Å². The molecule has 2 N–H and O–H groups in total. The van der Waals surface area contributed by atoms with Gasteiger partial charge in [-0.25, -0.2) is 4.39 Å². The van der Waals surface area contributed by atoms with Crippen LogP contribution in [0.3, 0.4) is 0 Å². The summed E-state index contributed by atoms with van der Waals surface area (Å²) < 4.78 is 16.4. The summed E-state index contributed by atoms with van der Waals surface area (Å²) in [5.41, 5.74) is 4.67. The monoisotopic (exact) mass is 461 g/mol. The molecule has 28 heavy (non-hydrogen) atoms. The van der Waals surface area contributed by atoms with Gasteiger partial charge in [0.25, 0.3) is 5.56 Å². The molecule has 10 heteroatoms. The normalized spacial score (nSPS) is 12.3. The first-order valence-electron chi connectivity index (χ1n) is 8.40. The molecule has 1 aromatic heterocycles. The number of carbonyl (C=O) groups excluding carboxylic acids is 1. The average Bonchev–Trinajstić information content (AvgIpc) is 3.11. The van der Waals surface area contributed by atoms with Crippen LogP contribution in [0.25, 0.3) is 5.48 Å². The first-order valence-corrected chi connectivity index (χ1v) is 9.20. The fraction of sp³-hybridized carbons (Fsp3) is 0.333. The van der Waals surface area contributed by atoms with Crippen molar-refractivity contribution in [2.24, 2.45) is 0 Å². The Labute approximate surface area is 191 Å². The number of carbonyl (C=O) groups is 1. The molecule has 0 bridgehead atoms. The van der Waals surface area contributed by atoms with Crippen molar-refractivity contribution in [3.05, 3.63) is 61.1 Å². The zero-order chi connectivity index (χ0) is 19.6. The molecular weight excluding hydrogens is 444 g/mol. The number of aromatic nitrogens is 1. The summed E-state index contributed by atoms with van der Waals surface area (Å²) in [6.45, 7) is 1.69. The molecular formula is C18H18BrFN3NaO4. The largest absolute Gasteiger partial charge is 1.00 e. The third kappa shape index (κ3) is 4.67. The number of hydroxylamine groups is 1. The van der Waals surface area contributed by atoms with Gasteiger partial charge in [-0.1, -0.05) is 15.9 Å². The Morgan fingerprint density at radius 1 is 1.46 bits per heavy atom.